The van der Waals surface area contributed by atoms with Crippen molar-refractivity contribution in [2.75, 3.05) is 7.11 Å². The lowest BCUT2D eigenvalue weighted by molar-refractivity contribution is 0.397. The standard InChI is InChI=1S/C11H9N5O2/c1-18-8-3-2-6(11(17)15-8)9-14-7-4-12-5-13-10(7)16-9/h2-5H,1H3,(H,15,17)(H,12,13,14,16). The summed E-state index contributed by atoms with van der Waals surface area (Å²) in [5.74, 6) is 0.856. The van der Waals surface area contributed by atoms with Gasteiger partial charge in [-0.1, -0.05) is 0 Å². The van der Waals surface area contributed by atoms with Gasteiger partial charge in [-0.2, -0.15) is 0 Å². The van der Waals surface area contributed by atoms with Crippen LogP contribution in [0, 0.1) is 0 Å². The summed E-state index contributed by atoms with van der Waals surface area (Å²) in [7, 11) is 1.49. The molecule has 3 heterocycles. The summed E-state index contributed by atoms with van der Waals surface area (Å²) in [6.45, 7) is 0. The highest BCUT2D eigenvalue weighted by Gasteiger charge is 2.10. The van der Waals surface area contributed by atoms with E-state index < -0.39 is 0 Å². The molecular formula is C11H9N5O2. The molecule has 3 aromatic rings. The molecule has 7 heteroatoms. The third-order valence-corrected chi connectivity index (χ3v) is 2.52. The second kappa shape index (κ2) is 3.95. The average Bonchev–Trinajstić information content (AvgIpc) is 2.81. The number of hydrogen-bond donors (Lipinski definition) is 2. The lowest BCUT2D eigenvalue weighted by atomic mass is 10.2. The molecule has 7 nitrogen and oxygen atoms in total. The summed E-state index contributed by atoms with van der Waals surface area (Å²) in [6, 6.07) is 3.30. The second-order valence-corrected chi connectivity index (χ2v) is 3.61. The number of H-pyrrole nitrogens is 2. The molecule has 0 atom stereocenters. The topological polar surface area (TPSA) is 96.6 Å². The molecule has 0 saturated carbocycles. The maximum absolute atomic E-state index is 11.8. The molecule has 0 fully saturated rings. The van der Waals surface area contributed by atoms with Gasteiger partial charge in [0.05, 0.1) is 18.9 Å². The third-order valence-electron chi connectivity index (χ3n) is 2.52. The number of imidazole rings is 1. The van der Waals surface area contributed by atoms with Crippen molar-refractivity contribution in [3.05, 3.63) is 35.0 Å². The van der Waals surface area contributed by atoms with E-state index in [2.05, 4.69) is 24.9 Å². The van der Waals surface area contributed by atoms with Crippen LogP contribution in [-0.4, -0.2) is 32.0 Å². The number of fused-ring (bicyclic) bond motifs is 1. The highest BCUT2D eigenvalue weighted by Crippen LogP contribution is 2.16. The molecule has 0 aliphatic carbocycles. The van der Waals surface area contributed by atoms with Gasteiger partial charge in [0.15, 0.2) is 11.5 Å². The minimum atomic E-state index is -0.277. The van der Waals surface area contributed by atoms with Crippen LogP contribution in [-0.2, 0) is 0 Å². The van der Waals surface area contributed by atoms with E-state index in [1.807, 2.05) is 0 Å². The molecule has 0 saturated heterocycles. The van der Waals surface area contributed by atoms with Crippen LogP contribution in [0.3, 0.4) is 0 Å². The maximum Gasteiger partial charge on any atom is 0.261 e. The van der Waals surface area contributed by atoms with E-state index in [9.17, 15) is 4.79 Å². The van der Waals surface area contributed by atoms with Gasteiger partial charge < -0.3 is 9.72 Å². The van der Waals surface area contributed by atoms with Gasteiger partial charge >= 0.3 is 0 Å². The average molecular weight is 243 g/mol. The Morgan fingerprint density at radius 2 is 2.17 bits per heavy atom. The molecule has 0 bridgehead atoms. The van der Waals surface area contributed by atoms with Gasteiger partial charge in [0.25, 0.3) is 5.56 Å². The molecular weight excluding hydrogens is 234 g/mol. The van der Waals surface area contributed by atoms with E-state index in [1.165, 1.54) is 13.4 Å². The fourth-order valence-electron chi connectivity index (χ4n) is 1.65. The normalized spacial score (nSPS) is 10.7. The van der Waals surface area contributed by atoms with E-state index in [0.717, 1.165) is 0 Å². The summed E-state index contributed by atoms with van der Waals surface area (Å²) in [5.41, 5.74) is 1.35. The predicted molar refractivity (Wildman–Crippen MR) is 64.3 cm³/mol. The number of nitrogens with zero attached hydrogens (tertiary/aromatic N) is 3. The largest absolute Gasteiger partial charge is 0.482 e. The first-order chi connectivity index (χ1) is 8.78. The smallest absolute Gasteiger partial charge is 0.261 e. The van der Waals surface area contributed by atoms with Crippen LogP contribution in [0.2, 0.25) is 0 Å². The van der Waals surface area contributed by atoms with Gasteiger partial charge in [-0.25, -0.2) is 15.0 Å². The molecule has 3 rings (SSSR count). The van der Waals surface area contributed by atoms with Crippen LogP contribution < -0.4 is 10.3 Å². The Bertz CT molecular complexity index is 728. The van der Waals surface area contributed by atoms with E-state index in [4.69, 9.17) is 4.74 Å². The molecule has 0 spiro atoms. The van der Waals surface area contributed by atoms with E-state index in [-0.39, 0.29) is 5.56 Å². The van der Waals surface area contributed by atoms with Crippen molar-refractivity contribution >= 4 is 11.2 Å². The number of nitrogens with one attached hydrogen (secondary N) is 2. The molecule has 0 unspecified atom stereocenters. The number of pyridine rings is 1. The zero-order valence-corrected chi connectivity index (χ0v) is 9.47. The Kier molecular flexibility index (Phi) is 2.30. The van der Waals surface area contributed by atoms with E-state index >= 15 is 0 Å². The molecule has 0 aromatic carbocycles. The van der Waals surface area contributed by atoms with Crippen LogP contribution in [0.5, 0.6) is 5.88 Å². The van der Waals surface area contributed by atoms with Gasteiger partial charge in [-0.05, 0) is 12.1 Å². The number of hydrogen-bond acceptors (Lipinski definition) is 5. The highest BCUT2D eigenvalue weighted by molar-refractivity contribution is 5.74. The van der Waals surface area contributed by atoms with Crippen LogP contribution >= 0.6 is 0 Å². The maximum atomic E-state index is 11.8. The molecule has 3 aromatic heterocycles. The minimum Gasteiger partial charge on any atom is -0.482 e. The van der Waals surface area contributed by atoms with Crippen molar-refractivity contribution in [3.63, 3.8) is 0 Å². The van der Waals surface area contributed by atoms with Gasteiger partial charge in [0, 0.05) is 0 Å². The lowest BCUT2D eigenvalue weighted by Gasteiger charge is -1.99. The first kappa shape index (κ1) is 10.5. The predicted octanol–water partition coefficient (Wildman–Crippen LogP) is 0.717. The van der Waals surface area contributed by atoms with Gasteiger partial charge in [0.1, 0.15) is 17.7 Å². The fourth-order valence-corrected chi connectivity index (χ4v) is 1.65. The SMILES string of the molecule is COc1ccc(-c2nc3ncncc3[nH]2)c(=O)[nH]1. The van der Waals surface area contributed by atoms with Crippen molar-refractivity contribution in [1.82, 2.24) is 24.9 Å². The van der Waals surface area contributed by atoms with Crippen molar-refractivity contribution in [2.24, 2.45) is 0 Å². The molecule has 0 radical (unpaired) electrons. The van der Waals surface area contributed by atoms with Gasteiger partial charge in [-0.15, -0.1) is 0 Å². The van der Waals surface area contributed by atoms with Gasteiger partial charge in [-0.3, -0.25) is 9.78 Å². The molecule has 90 valence electrons. The summed E-state index contributed by atoms with van der Waals surface area (Å²) >= 11 is 0. The number of aromatic amines is 2. The van der Waals surface area contributed by atoms with Crippen molar-refractivity contribution in [1.29, 1.82) is 0 Å². The molecule has 18 heavy (non-hydrogen) atoms. The Morgan fingerprint density at radius 3 is 2.89 bits per heavy atom. The quantitative estimate of drug-likeness (QED) is 0.691. The molecule has 0 amide bonds. The fraction of sp³-hybridized carbons (Fsp3) is 0.0909. The minimum absolute atomic E-state index is 0.277. The van der Waals surface area contributed by atoms with Crippen LogP contribution in [0.4, 0.5) is 0 Å². The Balaban J connectivity index is 2.17. The Labute approximate surface area is 101 Å². The van der Waals surface area contributed by atoms with Gasteiger partial charge in [0.2, 0.25) is 0 Å². The first-order valence-electron chi connectivity index (χ1n) is 5.21. The van der Waals surface area contributed by atoms with Crippen LogP contribution in [0.25, 0.3) is 22.6 Å². The first-order valence-corrected chi connectivity index (χ1v) is 5.21. The summed E-state index contributed by atoms with van der Waals surface area (Å²) in [4.78, 5) is 29.5. The van der Waals surface area contributed by atoms with E-state index in [1.54, 1.807) is 18.3 Å². The van der Waals surface area contributed by atoms with Crippen LogP contribution in [0.1, 0.15) is 0 Å². The van der Waals surface area contributed by atoms with Crippen LogP contribution in [0.15, 0.2) is 29.5 Å². The second-order valence-electron chi connectivity index (χ2n) is 3.61. The Morgan fingerprint density at radius 1 is 1.28 bits per heavy atom. The number of rotatable bonds is 2. The summed E-state index contributed by atoms with van der Waals surface area (Å²) < 4.78 is 4.94. The zero-order valence-electron chi connectivity index (χ0n) is 9.47. The van der Waals surface area contributed by atoms with Crippen molar-refractivity contribution in [3.8, 4) is 17.3 Å². The monoisotopic (exact) mass is 243 g/mol. The zero-order chi connectivity index (χ0) is 12.5. The summed E-state index contributed by atoms with van der Waals surface area (Å²) in [6.07, 6.45) is 3.02. The molecule has 2 N–H and O–H groups in total. The number of methoxy groups -OCH3 is 1. The molecule has 0 aliphatic rings. The third kappa shape index (κ3) is 1.61. The van der Waals surface area contributed by atoms with E-state index in [0.29, 0.717) is 28.4 Å². The highest BCUT2D eigenvalue weighted by atomic mass is 16.5. The Hall–Kier alpha value is -2.70. The van der Waals surface area contributed by atoms with Crippen molar-refractivity contribution in [2.45, 2.75) is 0 Å². The molecule has 0 aliphatic heterocycles. The lowest BCUT2D eigenvalue weighted by Crippen LogP contribution is -2.10. The summed E-state index contributed by atoms with van der Waals surface area (Å²) in [5, 5.41) is 0. The van der Waals surface area contributed by atoms with Crippen molar-refractivity contribution < 1.29 is 4.74 Å². The number of aromatic nitrogens is 5. The number of ether oxygens (including phenoxy) is 1.